The largest absolute Gasteiger partial charge is 0.490 e. The number of benzene rings is 1. The number of rotatable bonds is 6. The summed E-state index contributed by atoms with van der Waals surface area (Å²) in [5.41, 5.74) is 0.897. The standard InChI is InChI=1S/C20H30N4O3.HI/c1-3-16(24-11-4-6-19(24)25)9-10-22-20(21-2)23-15-7-8-17-18(14-15)27-13-5-12-26-17;/h7-8,14,16H,3-6,9-13H2,1-2H3,(H2,21,22,23);1H. The summed E-state index contributed by atoms with van der Waals surface area (Å²) in [6, 6.07) is 6.11. The molecule has 8 heteroatoms. The van der Waals surface area contributed by atoms with Crippen molar-refractivity contribution in [2.24, 2.45) is 4.99 Å². The van der Waals surface area contributed by atoms with E-state index in [4.69, 9.17) is 9.47 Å². The average Bonchev–Trinajstić information content (AvgIpc) is 2.97. The van der Waals surface area contributed by atoms with Crippen LogP contribution in [0.3, 0.4) is 0 Å². The van der Waals surface area contributed by atoms with Crippen molar-refractivity contribution in [1.82, 2.24) is 10.2 Å². The fraction of sp³-hybridized carbons (Fsp3) is 0.600. The molecule has 2 heterocycles. The Hall–Kier alpha value is -1.71. The van der Waals surface area contributed by atoms with Crippen LogP contribution < -0.4 is 20.1 Å². The third-order valence-corrected chi connectivity index (χ3v) is 5.03. The van der Waals surface area contributed by atoms with E-state index in [-0.39, 0.29) is 29.9 Å². The van der Waals surface area contributed by atoms with Gasteiger partial charge in [-0.25, -0.2) is 0 Å². The van der Waals surface area contributed by atoms with Crippen molar-refractivity contribution in [3.05, 3.63) is 18.2 Å². The Bertz CT molecular complexity index is 683. The number of aliphatic imine (C=N–C) groups is 1. The number of fused-ring (bicyclic) bond motifs is 1. The molecule has 0 spiro atoms. The van der Waals surface area contributed by atoms with Crippen LogP contribution in [0.5, 0.6) is 11.5 Å². The van der Waals surface area contributed by atoms with E-state index < -0.39 is 0 Å². The van der Waals surface area contributed by atoms with Gasteiger partial charge in [0.15, 0.2) is 17.5 Å². The molecule has 0 bridgehead atoms. The molecule has 2 N–H and O–H groups in total. The molecular weight excluding hydrogens is 471 g/mol. The van der Waals surface area contributed by atoms with Gasteiger partial charge in [0, 0.05) is 50.8 Å². The first-order valence-electron chi connectivity index (χ1n) is 9.88. The first kappa shape index (κ1) is 22.6. The highest BCUT2D eigenvalue weighted by atomic mass is 127. The maximum Gasteiger partial charge on any atom is 0.222 e. The van der Waals surface area contributed by atoms with E-state index in [1.807, 2.05) is 23.1 Å². The lowest BCUT2D eigenvalue weighted by Gasteiger charge is -2.27. The van der Waals surface area contributed by atoms with Gasteiger partial charge < -0.3 is 25.0 Å². The van der Waals surface area contributed by atoms with Gasteiger partial charge in [-0.1, -0.05) is 6.92 Å². The summed E-state index contributed by atoms with van der Waals surface area (Å²) >= 11 is 0. The molecule has 156 valence electrons. The van der Waals surface area contributed by atoms with E-state index in [1.165, 1.54) is 0 Å². The van der Waals surface area contributed by atoms with Gasteiger partial charge in [-0.2, -0.15) is 0 Å². The molecule has 0 radical (unpaired) electrons. The van der Waals surface area contributed by atoms with Crippen molar-refractivity contribution in [1.29, 1.82) is 0 Å². The molecule has 7 nitrogen and oxygen atoms in total. The van der Waals surface area contributed by atoms with E-state index in [9.17, 15) is 4.79 Å². The molecule has 1 aromatic rings. The molecule has 0 aliphatic carbocycles. The molecule has 3 rings (SSSR count). The molecule has 1 amide bonds. The summed E-state index contributed by atoms with van der Waals surface area (Å²) in [6.45, 7) is 5.13. The number of nitrogens with one attached hydrogen (secondary N) is 2. The number of carbonyl (C=O) groups excluding carboxylic acids is 1. The number of hydrogen-bond donors (Lipinski definition) is 2. The second-order valence-electron chi connectivity index (χ2n) is 6.88. The van der Waals surface area contributed by atoms with Crippen LogP contribution in [-0.2, 0) is 4.79 Å². The zero-order chi connectivity index (χ0) is 19.1. The molecular formula is C20H31IN4O3. The molecule has 1 aromatic carbocycles. The number of guanidine groups is 1. The van der Waals surface area contributed by atoms with Crippen LogP contribution in [0.4, 0.5) is 5.69 Å². The second-order valence-corrected chi connectivity index (χ2v) is 6.88. The Kier molecular flexibility index (Phi) is 9.14. The number of likely N-dealkylation sites (tertiary alicyclic amines) is 1. The topological polar surface area (TPSA) is 75.2 Å². The predicted molar refractivity (Wildman–Crippen MR) is 122 cm³/mol. The van der Waals surface area contributed by atoms with Gasteiger partial charge in [0.25, 0.3) is 0 Å². The lowest BCUT2D eigenvalue weighted by Crippen LogP contribution is -2.39. The minimum absolute atomic E-state index is 0. The highest BCUT2D eigenvalue weighted by molar-refractivity contribution is 14.0. The molecule has 1 atom stereocenters. The molecule has 0 aromatic heterocycles. The van der Waals surface area contributed by atoms with Crippen LogP contribution >= 0.6 is 24.0 Å². The van der Waals surface area contributed by atoms with Crippen molar-refractivity contribution in [3.63, 3.8) is 0 Å². The third-order valence-electron chi connectivity index (χ3n) is 5.03. The predicted octanol–water partition coefficient (Wildman–Crippen LogP) is 3.24. The van der Waals surface area contributed by atoms with E-state index in [0.29, 0.717) is 31.6 Å². The Morgan fingerprint density at radius 1 is 1.25 bits per heavy atom. The Morgan fingerprint density at radius 3 is 2.71 bits per heavy atom. The quantitative estimate of drug-likeness (QED) is 0.355. The summed E-state index contributed by atoms with van der Waals surface area (Å²) in [4.78, 5) is 18.3. The fourth-order valence-electron chi connectivity index (χ4n) is 3.55. The maximum absolute atomic E-state index is 12.0. The van der Waals surface area contributed by atoms with Crippen LogP contribution in [0.15, 0.2) is 23.2 Å². The van der Waals surface area contributed by atoms with Crippen molar-refractivity contribution < 1.29 is 14.3 Å². The monoisotopic (exact) mass is 502 g/mol. The number of hydrogen-bond acceptors (Lipinski definition) is 4. The van der Waals surface area contributed by atoms with Crippen LogP contribution in [-0.4, -0.2) is 56.2 Å². The average molecular weight is 502 g/mol. The van der Waals surface area contributed by atoms with Gasteiger partial charge in [0.05, 0.1) is 13.2 Å². The zero-order valence-electron chi connectivity index (χ0n) is 16.7. The third kappa shape index (κ3) is 5.89. The summed E-state index contributed by atoms with van der Waals surface area (Å²) < 4.78 is 11.4. The minimum atomic E-state index is 0. The van der Waals surface area contributed by atoms with Gasteiger partial charge in [0.1, 0.15) is 0 Å². The number of carbonyl (C=O) groups is 1. The van der Waals surface area contributed by atoms with Crippen molar-refractivity contribution in [3.8, 4) is 11.5 Å². The zero-order valence-corrected chi connectivity index (χ0v) is 19.0. The summed E-state index contributed by atoms with van der Waals surface area (Å²) in [7, 11) is 1.75. The molecule has 1 fully saturated rings. The first-order valence-corrected chi connectivity index (χ1v) is 9.88. The van der Waals surface area contributed by atoms with Crippen molar-refractivity contribution >= 4 is 41.5 Å². The van der Waals surface area contributed by atoms with E-state index >= 15 is 0 Å². The van der Waals surface area contributed by atoms with Gasteiger partial charge in [0.2, 0.25) is 5.91 Å². The molecule has 0 saturated carbocycles. The molecule has 1 saturated heterocycles. The second kappa shape index (κ2) is 11.3. The van der Waals surface area contributed by atoms with Crippen molar-refractivity contribution in [2.45, 2.75) is 45.1 Å². The van der Waals surface area contributed by atoms with Crippen molar-refractivity contribution in [2.75, 3.05) is 38.7 Å². The number of halogens is 1. The number of nitrogens with zero attached hydrogens (tertiary/aromatic N) is 2. The lowest BCUT2D eigenvalue weighted by atomic mass is 10.1. The first-order chi connectivity index (χ1) is 13.2. The minimum Gasteiger partial charge on any atom is -0.490 e. The Morgan fingerprint density at radius 2 is 2.04 bits per heavy atom. The Labute approximate surface area is 184 Å². The van der Waals surface area contributed by atoms with Crippen LogP contribution in [0, 0.1) is 0 Å². The van der Waals surface area contributed by atoms with Crippen LogP contribution in [0.2, 0.25) is 0 Å². The van der Waals surface area contributed by atoms with Gasteiger partial charge >= 0.3 is 0 Å². The lowest BCUT2D eigenvalue weighted by molar-refractivity contribution is -0.129. The normalized spacial score (nSPS) is 17.6. The van der Waals surface area contributed by atoms with E-state index in [1.54, 1.807) is 7.05 Å². The van der Waals surface area contributed by atoms with Crippen LogP contribution in [0.1, 0.15) is 39.0 Å². The SMILES string of the molecule is CCC(CCNC(=NC)Nc1ccc2c(c1)OCCCO2)N1CCCC1=O.I. The highest BCUT2D eigenvalue weighted by Crippen LogP contribution is 2.32. The van der Waals surface area contributed by atoms with E-state index in [2.05, 4.69) is 22.5 Å². The molecule has 1 unspecified atom stereocenters. The summed E-state index contributed by atoms with van der Waals surface area (Å²) in [6.07, 6.45) is 4.44. The van der Waals surface area contributed by atoms with E-state index in [0.717, 1.165) is 56.0 Å². The number of amides is 1. The fourth-order valence-corrected chi connectivity index (χ4v) is 3.55. The summed E-state index contributed by atoms with van der Waals surface area (Å²) in [5.74, 6) is 2.53. The summed E-state index contributed by atoms with van der Waals surface area (Å²) in [5, 5.41) is 6.63. The molecule has 2 aliphatic rings. The van der Waals surface area contributed by atoms with Gasteiger partial charge in [-0.15, -0.1) is 24.0 Å². The maximum atomic E-state index is 12.0. The van der Waals surface area contributed by atoms with Gasteiger partial charge in [-0.3, -0.25) is 9.79 Å². The van der Waals surface area contributed by atoms with Gasteiger partial charge in [-0.05, 0) is 31.4 Å². The molecule has 2 aliphatic heterocycles. The number of ether oxygens (including phenoxy) is 2. The smallest absolute Gasteiger partial charge is 0.222 e. The Balaban J connectivity index is 0.00000280. The van der Waals surface area contributed by atoms with Crippen LogP contribution in [0.25, 0.3) is 0 Å². The molecule has 28 heavy (non-hydrogen) atoms. The highest BCUT2D eigenvalue weighted by Gasteiger charge is 2.26. The number of anilines is 1.